The van der Waals surface area contributed by atoms with Crippen molar-refractivity contribution >= 4 is 5.97 Å². The minimum absolute atomic E-state index is 0.0690. The Morgan fingerprint density at radius 1 is 0.913 bits per heavy atom. The average molecular weight is 319 g/mol. The molecule has 7 atom stereocenters. The molecular formula is C21H34O2. The second kappa shape index (κ2) is 5.49. The van der Waals surface area contributed by atoms with E-state index in [4.69, 9.17) is 4.74 Å². The van der Waals surface area contributed by atoms with E-state index in [2.05, 4.69) is 13.8 Å². The Morgan fingerprint density at radius 2 is 1.74 bits per heavy atom. The zero-order chi connectivity index (χ0) is 16.2. The van der Waals surface area contributed by atoms with Gasteiger partial charge >= 0.3 is 5.97 Å². The molecule has 0 aromatic carbocycles. The van der Waals surface area contributed by atoms with Crippen LogP contribution in [0.25, 0.3) is 0 Å². The van der Waals surface area contributed by atoms with Crippen LogP contribution in [0.3, 0.4) is 0 Å². The Labute approximate surface area is 141 Å². The topological polar surface area (TPSA) is 26.3 Å². The molecule has 0 spiro atoms. The number of ether oxygens (including phenoxy) is 1. The average Bonchev–Trinajstić information content (AvgIpc) is 2.89. The van der Waals surface area contributed by atoms with Crippen LogP contribution in [-0.2, 0) is 9.53 Å². The molecule has 4 rings (SSSR count). The normalized spacial score (nSPS) is 52.2. The molecule has 2 heteroatoms. The van der Waals surface area contributed by atoms with Gasteiger partial charge in [0.2, 0.25) is 0 Å². The van der Waals surface area contributed by atoms with Crippen LogP contribution in [0.2, 0.25) is 0 Å². The highest BCUT2D eigenvalue weighted by Gasteiger charge is 2.60. The SMILES string of the molecule is CC(=O)O[C@H]1CCC[C@@H]2CCC3C4CCCC4(C)CCC3C21C. The molecule has 23 heavy (non-hydrogen) atoms. The van der Waals surface area contributed by atoms with Crippen LogP contribution in [0, 0.1) is 34.5 Å². The molecule has 0 N–H and O–H groups in total. The second-order valence-electron chi connectivity index (χ2n) is 9.63. The molecule has 0 amide bonds. The Kier molecular flexibility index (Phi) is 3.81. The maximum absolute atomic E-state index is 11.7. The molecule has 0 aromatic heterocycles. The summed E-state index contributed by atoms with van der Waals surface area (Å²) in [6, 6.07) is 0. The van der Waals surface area contributed by atoms with Gasteiger partial charge < -0.3 is 4.74 Å². The highest BCUT2D eigenvalue weighted by atomic mass is 16.5. The summed E-state index contributed by atoms with van der Waals surface area (Å²) in [6.07, 6.45) is 13.8. The van der Waals surface area contributed by atoms with Gasteiger partial charge in [-0.25, -0.2) is 0 Å². The number of fused-ring (bicyclic) bond motifs is 5. The lowest BCUT2D eigenvalue weighted by Gasteiger charge is -2.61. The van der Waals surface area contributed by atoms with Gasteiger partial charge in [0, 0.05) is 12.3 Å². The van der Waals surface area contributed by atoms with Crippen molar-refractivity contribution in [1.29, 1.82) is 0 Å². The van der Waals surface area contributed by atoms with Gasteiger partial charge in [0.05, 0.1) is 0 Å². The third-order valence-electron chi connectivity index (χ3n) is 8.77. The third-order valence-corrected chi connectivity index (χ3v) is 8.77. The summed E-state index contributed by atoms with van der Waals surface area (Å²) < 4.78 is 5.91. The van der Waals surface area contributed by atoms with Gasteiger partial charge in [-0.15, -0.1) is 0 Å². The van der Waals surface area contributed by atoms with Crippen molar-refractivity contribution in [2.75, 3.05) is 0 Å². The fourth-order valence-electron chi connectivity index (χ4n) is 7.67. The van der Waals surface area contributed by atoms with E-state index >= 15 is 0 Å². The first kappa shape index (κ1) is 16.0. The molecule has 4 aliphatic rings. The van der Waals surface area contributed by atoms with Gasteiger partial charge in [0.15, 0.2) is 0 Å². The van der Waals surface area contributed by atoms with E-state index in [0.717, 1.165) is 30.1 Å². The van der Waals surface area contributed by atoms with Gasteiger partial charge in [-0.2, -0.15) is 0 Å². The summed E-state index contributed by atoms with van der Waals surface area (Å²) >= 11 is 0. The Balaban J connectivity index is 1.66. The van der Waals surface area contributed by atoms with Gasteiger partial charge in [-0.05, 0) is 86.9 Å². The molecule has 0 bridgehead atoms. The zero-order valence-electron chi connectivity index (χ0n) is 15.3. The van der Waals surface area contributed by atoms with Crippen LogP contribution < -0.4 is 0 Å². The molecule has 0 aliphatic heterocycles. The molecule has 0 aromatic rings. The summed E-state index contributed by atoms with van der Waals surface area (Å²) in [4.78, 5) is 11.7. The summed E-state index contributed by atoms with van der Waals surface area (Å²) in [6.45, 7) is 6.67. The van der Waals surface area contributed by atoms with Crippen molar-refractivity contribution in [3.8, 4) is 0 Å². The maximum Gasteiger partial charge on any atom is 0.302 e. The van der Waals surface area contributed by atoms with Crippen LogP contribution in [0.15, 0.2) is 0 Å². The highest BCUT2D eigenvalue weighted by Crippen LogP contribution is 2.66. The second-order valence-corrected chi connectivity index (χ2v) is 9.63. The van der Waals surface area contributed by atoms with Crippen LogP contribution >= 0.6 is 0 Å². The Morgan fingerprint density at radius 3 is 2.52 bits per heavy atom. The van der Waals surface area contributed by atoms with E-state index in [1.54, 1.807) is 6.92 Å². The molecule has 5 unspecified atom stereocenters. The minimum Gasteiger partial charge on any atom is -0.462 e. The van der Waals surface area contributed by atoms with E-state index in [-0.39, 0.29) is 17.5 Å². The molecule has 130 valence electrons. The van der Waals surface area contributed by atoms with Crippen LogP contribution in [0.5, 0.6) is 0 Å². The predicted octanol–water partition coefficient (Wildman–Crippen LogP) is 5.35. The molecule has 4 saturated carbocycles. The lowest BCUT2D eigenvalue weighted by Crippen LogP contribution is -2.57. The first-order valence-corrected chi connectivity index (χ1v) is 10.1. The van der Waals surface area contributed by atoms with E-state index < -0.39 is 0 Å². The molecule has 0 heterocycles. The minimum atomic E-state index is -0.0690. The third kappa shape index (κ3) is 2.30. The van der Waals surface area contributed by atoms with E-state index in [1.807, 2.05) is 0 Å². The van der Waals surface area contributed by atoms with Gasteiger partial charge in [0.1, 0.15) is 6.10 Å². The first-order chi connectivity index (χ1) is 10.9. The Bertz CT molecular complexity index is 486. The van der Waals surface area contributed by atoms with Gasteiger partial charge in [-0.3, -0.25) is 4.79 Å². The smallest absolute Gasteiger partial charge is 0.302 e. The fourth-order valence-corrected chi connectivity index (χ4v) is 7.67. The zero-order valence-corrected chi connectivity index (χ0v) is 15.3. The number of hydrogen-bond acceptors (Lipinski definition) is 2. The highest BCUT2D eigenvalue weighted by molar-refractivity contribution is 5.66. The first-order valence-electron chi connectivity index (χ1n) is 10.1. The summed E-state index contributed by atoms with van der Waals surface area (Å²) in [5.41, 5.74) is 0.868. The molecule has 4 aliphatic carbocycles. The van der Waals surface area contributed by atoms with Crippen LogP contribution in [0.4, 0.5) is 0 Å². The number of carbonyl (C=O) groups excluding carboxylic acids is 1. The van der Waals surface area contributed by atoms with E-state index in [9.17, 15) is 4.79 Å². The standard InChI is InChI=1S/C21H34O2/c1-14(22)23-19-8-4-6-15-9-10-16-17-7-5-12-20(17,2)13-11-18(16)21(15,19)3/h15-19H,4-13H2,1-3H3/t15-,16?,17?,18?,19+,20?,21?/m1/s1. The summed E-state index contributed by atoms with van der Waals surface area (Å²) in [7, 11) is 0. The quantitative estimate of drug-likeness (QED) is 0.609. The van der Waals surface area contributed by atoms with Gasteiger partial charge in [-0.1, -0.05) is 20.3 Å². The van der Waals surface area contributed by atoms with Crippen molar-refractivity contribution in [3.63, 3.8) is 0 Å². The van der Waals surface area contributed by atoms with Crippen molar-refractivity contribution < 1.29 is 9.53 Å². The number of esters is 1. The van der Waals surface area contributed by atoms with Crippen molar-refractivity contribution in [2.45, 2.75) is 91.1 Å². The molecule has 2 nitrogen and oxygen atoms in total. The monoisotopic (exact) mass is 318 g/mol. The predicted molar refractivity (Wildman–Crippen MR) is 91.9 cm³/mol. The fraction of sp³-hybridized carbons (Fsp3) is 0.952. The summed E-state index contributed by atoms with van der Waals surface area (Å²) in [5.74, 6) is 3.35. The molecular weight excluding hydrogens is 284 g/mol. The van der Waals surface area contributed by atoms with Crippen molar-refractivity contribution in [2.24, 2.45) is 34.5 Å². The van der Waals surface area contributed by atoms with E-state index in [0.29, 0.717) is 5.41 Å². The number of carbonyl (C=O) groups is 1. The van der Waals surface area contributed by atoms with Crippen molar-refractivity contribution in [1.82, 2.24) is 0 Å². The lowest BCUT2D eigenvalue weighted by molar-refractivity contribution is -0.188. The number of rotatable bonds is 1. The van der Waals surface area contributed by atoms with Crippen LogP contribution in [-0.4, -0.2) is 12.1 Å². The van der Waals surface area contributed by atoms with E-state index in [1.165, 1.54) is 57.8 Å². The van der Waals surface area contributed by atoms with Gasteiger partial charge in [0.25, 0.3) is 0 Å². The number of hydrogen-bond donors (Lipinski definition) is 0. The molecule has 0 radical (unpaired) electrons. The molecule has 4 fully saturated rings. The Hall–Kier alpha value is -0.530. The largest absolute Gasteiger partial charge is 0.462 e. The molecule has 0 saturated heterocycles. The lowest BCUT2D eigenvalue weighted by atomic mass is 9.44. The van der Waals surface area contributed by atoms with Crippen molar-refractivity contribution in [3.05, 3.63) is 0 Å². The maximum atomic E-state index is 11.7. The van der Waals surface area contributed by atoms with Crippen LogP contribution in [0.1, 0.15) is 85.0 Å². The summed E-state index contributed by atoms with van der Waals surface area (Å²) in [5, 5.41) is 0.